The van der Waals surface area contributed by atoms with Crippen LogP contribution < -0.4 is 29.1 Å². The summed E-state index contributed by atoms with van der Waals surface area (Å²) in [6.45, 7) is 0.246. The van der Waals surface area contributed by atoms with E-state index < -0.39 is 11.0 Å². The van der Waals surface area contributed by atoms with Gasteiger partial charge in [-0.3, -0.25) is 19.5 Å². The molecule has 236 valence electrons. The zero-order valence-electron chi connectivity index (χ0n) is 25.4. The fourth-order valence-corrected chi connectivity index (χ4v) is 7.61. The third-order valence-electron chi connectivity index (χ3n) is 8.40. The van der Waals surface area contributed by atoms with E-state index in [0.717, 1.165) is 46.4 Å². The number of aryl methyl sites for hydroxylation is 1. The van der Waals surface area contributed by atoms with Gasteiger partial charge in [0.25, 0.3) is 11.2 Å². The molecule has 1 aliphatic heterocycles. The van der Waals surface area contributed by atoms with Crippen molar-refractivity contribution in [2.75, 3.05) is 14.2 Å². The van der Waals surface area contributed by atoms with Gasteiger partial charge < -0.3 is 14.2 Å². The van der Waals surface area contributed by atoms with E-state index in [-0.39, 0.29) is 17.9 Å². The second-order valence-corrected chi connectivity index (χ2v) is 13.0. The summed E-state index contributed by atoms with van der Waals surface area (Å²) in [7, 11) is 3.26. The third-order valence-corrected chi connectivity index (χ3v) is 10.0. The molecule has 2 heterocycles. The predicted molar refractivity (Wildman–Crippen MR) is 184 cm³/mol. The summed E-state index contributed by atoms with van der Waals surface area (Å²) in [5.74, 6) is 1.96. The maximum absolute atomic E-state index is 14.3. The topological polar surface area (TPSA) is 105 Å². The van der Waals surface area contributed by atoms with Gasteiger partial charge in [0.2, 0.25) is 0 Å². The second-order valence-electron chi connectivity index (χ2n) is 11.1. The Morgan fingerprint density at radius 2 is 1.79 bits per heavy atom. The van der Waals surface area contributed by atoms with Gasteiger partial charge in [-0.05, 0) is 99.6 Å². The molecule has 0 saturated heterocycles. The highest BCUT2D eigenvalue weighted by Gasteiger charge is 2.34. The molecule has 5 aromatic rings. The number of allylic oxidation sites excluding steroid dienone is 1. The van der Waals surface area contributed by atoms with Crippen molar-refractivity contribution in [1.29, 1.82) is 0 Å². The van der Waals surface area contributed by atoms with Crippen LogP contribution in [0.3, 0.4) is 0 Å². The summed E-state index contributed by atoms with van der Waals surface area (Å²) in [5, 5.41) is 10.9. The van der Waals surface area contributed by atoms with Crippen LogP contribution in [0, 0.1) is 10.1 Å². The Morgan fingerprint density at radius 3 is 2.53 bits per heavy atom. The van der Waals surface area contributed by atoms with Gasteiger partial charge in [0.1, 0.15) is 23.9 Å². The minimum Gasteiger partial charge on any atom is -0.497 e. The van der Waals surface area contributed by atoms with Crippen LogP contribution in [-0.2, 0) is 13.0 Å². The van der Waals surface area contributed by atoms with Crippen molar-refractivity contribution in [2.24, 2.45) is 4.99 Å². The highest BCUT2D eigenvalue weighted by atomic mass is 79.9. The van der Waals surface area contributed by atoms with E-state index in [1.54, 1.807) is 30.9 Å². The number of rotatable bonds is 8. The first kappa shape index (κ1) is 30.6. The molecule has 1 aromatic heterocycles. The molecule has 0 saturated carbocycles. The molecule has 0 amide bonds. The third kappa shape index (κ3) is 5.77. The van der Waals surface area contributed by atoms with Crippen molar-refractivity contribution in [3.05, 3.63) is 153 Å². The Balaban J connectivity index is 1.29. The molecule has 11 heteroatoms. The zero-order valence-corrected chi connectivity index (χ0v) is 27.8. The van der Waals surface area contributed by atoms with E-state index in [0.29, 0.717) is 31.1 Å². The fraction of sp³-hybridized carbons (Fsp3) is 0.167. The smallest absolute Gasteiger partial charge is 0.271 e. The van der Waals surface area contributed by atoms with Gasteiger partial charge in [0, 0.05) is 23.3 Å². The number of nitro benzene ring substituents is 1. The van der Waals surface area contributed by atoms with E-state index in [1.807, 2.05) is 54.6 Å². The molecule has 0 N–H and O–H groups in total. The summed E-state index contributed by atoms with van der Waals surface area (Å²) in [6, 6.07) is 25.5. The molecule has 4 aromatic carbocycles. The van der Waals surface area contributed by atoms with Crippen LogP contribution in [0.25, 0.3) is 11.8 Å². The number of benzene rings is 4. The van der Waals surface area contributed by atoms with Crippen LogP contribution in [0.4, 0.5) is 5.69 Å². The first-order valence-electron chi connectivity index (χ1n) is 14.9. The lowest BCUT2D eigenvalue weighted by Crippen LogP contribution is -2.39. The van der Waals surface area contributed by atoms with Crippen molar-refractivity contribution in [1.82, 2.24) is 4.57 Å². The summed E-state index contributed by atoms with van der Waals surface area (Å²) in [6.07, 6.45) is 3.48. The Hall–Kier alpha value is -5.00. The summed E-state index contributed by atoms with van der Waals surface area (Å²) >= 11 is 4.96. The van der Waals surface area contributed by atoms with Gasteiger partial charge in [-0.2, -0.15) is 0 Å². The minimum atomic E-state index is -0.431. The predicted octanol–water partition coefficient (Wildman–Crippen LogP) is 6.59. The molecule has 0 bridgehead atoms. The van der Waals surface area contributed by atoms with Gasteiger partial charge >= 0.3 is 0 Å². The van der Waals surface area contributed by atoms with E-state index in [2.05, 4.69) is 28.1 Å². The van der Waals surface area contributed by atoms with Crippen molar-refractivity contribution in [3.63, 3.8) is 0 Å². The number of ether oxygens (including phenoxy) is 3. The number of fused-ring (bicyclic) bond motifs is 3. The molecular formula is C36H28BrN3O6S. The quantitative estimate of drug-likeness (QED) is 0.133. The van der Waals surface area contributed by atoms with E-state index in [1.165, 1.54) is 29.0 Å². The number of hydrogen-bond donors (Lipinski definition) is 0. The zero-order chi connectivity index (χ0) is 32.7. The van der Waals surface area contributed by atoms with Crippen molar-refractivity contribution >= 4 is 44.7 Å². The molecule has 0 fully saturated rings. The maximum Gasteiger partial charge on any atom is 0.271 e. The fourth-order valence-electron chi connectivity index (χ4n) is 6.10. The Kier molecular flexibility index (Phi) is 8.25. The molecule has 7 rings (SSSR count). The Morgan fingerprint density at radius 1 is 1.00 bits per heavy atom. The standard InChI is InChI=1S/C36H28BrN3O6S/c1-44-25-13-16-30(45-2)28(19-25)34-27-14-10-23-5-3-4-6-26(23)33(27)38-36-39(34)35(41)32(47-36)18-22-9-15-31(29(37)17-22)46-20-21-7-11-24(12-8-21)40(42)43/h3-9,11-13,15-19,34H,10,14,20H2,1-2H3. The first-order valence-corrected chi connectivity index (χ1v) is 16.5. The SMILES string of the molecule is COc1ccc(OC)c(C2C3=C(N=c4sc(=Cc5ccc(OCc6ccc([N+](=O)[O-])cc6)c(Br)c5)c(=O)n42)c2ccccc2CC3)c1. The lowest BCUT2D eigenvalue weighted by molar-refractivity contribution is -0.384. The average molecular weight is 711 g/mol. The average Bonchev–Trinajstić information content (AvgIpc) is 3.40. The minimum absolute atomic E-state index is 0.0310. The molecule has 9 nitrogen and oxygen atoms in total. The van der Waals surface area contributed by atoms with E-state index in [9.17, 15) is 14.9 Å². The molecule has 47 heavy (non-hydrogen) atoms. The number of nitro groups is 1. The number of aromatic nitrogens is 1. The molecular weight excluding hydrogens is 682 g/mol. The second kappa shape index (κ2) is 12.7. The molecule has 2 aliphatic rings. The molecule has 0 radical (unpaired) electrons. The van der Waals surface area contributed by atoms with E-state index in [4.69, 9.17) is 19.2 Å². The number of thiazole rings is 1. The Labute approximate surface area is 282 Å². The van der Waals surface area contributed by atoms with Gasteiger partial charge in [-0.25, -0.2) is 4.99 Å². The largest absolute Gasteiger partial charge is 0.497 e. The highest BCUT2D eigenvalue weighted by molar-refractivity contribution is 9.10. The summed E-state index contributed by atoms with van der Waals surface area (Å²) in [4.78, 5) is 30.5. The van der Waals surface area contributed by atoms with Crippen LogP contribution in [-0.4, -0.2) is 23.7 Å². The van der Waals surface area contributed by atoms with Crippen LogP contribution in [0.1, 0.15) is 40.3 Å². The van der Waals surface area contributed by atoms with Crippen LogP contribution in [0.15, 0.2) is 105 Å². The van der Waals surface area contributed by atoms with Gasteiger partial charge in [0.05, 0.1) is 39.9 Å². The lowest BCUT2D eigenvalue weighted by atomic mass is 9.83. The Bertz CT molecular complexity index is 2260. The monoisotopic (exact) mass is 709 g/mol. The normalized spacial score (nSPS) is 15.3. The van der Waals surface area contributed by atoms with Gasteiger partial charge in [-0.1, -0.05) is 41.7 Å². The number of hydrogen-bond acceptors (Lipinski definition) is 8. The molecule has 1 aliphatic carbocycles. The van der Waals surface area contributed by atoms with Crippen molar-refractivity contribution in [3.8, 4) is 17.2 Å². The molecule has 0 spiro atoms. The van der Waals surface area contributed by atoms with Crippen LogP contribution in [0.5, 0.6) is 17.2 Å². The molecule has 1 unspecified atom stereocenters. The number of non-ortho nitro benzene ring substituents is 1. The van der Waals surface area contributed by atoms with E-state index >= 15 is 0 Å². The highest BCUT2D eigenvalue weighted by Crippen LogP contribution is 2.44. The number of halogens is 1. The maximum atomic E-state index is 14.3. The van der Waals surface area contributed by atoms with Crippen LogP contribution in [0.2, 0.25) is 0 Å². The number of nitrogens with zero attached hydrogens (tertiary/aromatic N) is 3. The van der Waals surface area contributed by atoms with Gasteiger partial charge in [0.15, 0.2) is 4.80 Å². The van der Waals surface area contributed by atoms with Crippen molar-refractivity contribution in [2.45, 2.75) is 25.5 Å². The summed E-state index contributed by atoms with van der Waals surface area (Å²) in [5.41, 5.74) is 6.68. The van der Waals surface area contributed by atoms with Gasteiger partial charge in [-0.15, -0.1) is 0 Å². The summed E-state index contributed by atoms with van der Waals surface area (Å²) < 4.78 is 20.4. The van der Waals surface area contributed by atoms with Crippen LogP contribution >= 0.6 is 27.3 Å². The first-order chi connectivity index (χ1) is 22.8. The van der Waals surface area contributed by atoms with Crippen molar-refractivity contribution < 1.29 is 19.1 Å². The lowest BCUT2D eigenvalue weighted by Gasteiger charge is -2.31. The number of methoxy groups -OCH3 is 2. The molecule has 1 atom stereocenters.